The number of rotatable bonds is 7. The Balaban J connectivity index is 1.67. The van der Waals surface area contributed by atoms with Gasteiger partial charge in [-0.1, -0.05) is 41.9 Å². The Hall–Kier alpha value is -4.04. The van der Waals surface area contributed by atoms with Crippen LogP contribution in [0.15, 0.2) is 66.7 Å². The molecule has 0 radical (unpaired) electrons. The van der Waals surface area contributed by atoms with E-state index in [0.29, 0.717) is 33.3 Å². The fourth-order valence-corrected chi connectivity index (χ4v) is 4.15. The molecule has 0 aliphatic carbocycles. The number of nitrogens with zero attached hydrogens (tertiary/aromatic N) is 1. The number of carbonyl (C=O) groups is 3. The van der Waals surface area contributed by atoms with Gasteiger partial charge in [-0.25, -0.2) is 4.79 Å². The van der Waals surface area contributed by atoms with E-state index in [1.807, 2.05) is 6.92 Å². The van der Waals surface area contributed by atoms with Crippen LogP contribution in [0.5, 0.6) is 11.5 Å². The van der Waals surface area contributed by atoms with Crippen molar-refractivity contribution in [3.63, 3.8) is 0 Å². The zero-order valence-corrected chi connectivity index (χ0v) is 20.2. The molecule has 1 fully saturated rings. The van der Waals surface area contributed by atoms with Gasteiger partial charge in [-0.3, -0.25) is 14.5 Å². The minimum Gasteiger partial charge on any atom is -0.497 e. The van der Waals surface area contributed by atoms with Gasteiger partial charge in [0.05, 0.1) is 14.2 Å². The molecule has 8 nitrogen and oxygen atoms in total. The van der Waals surface area contributed by atoms with Crippen LogP contribution < -0.4 is 20.1 Å². The highest BCUT2D eigenvalue weighted by Crippen LogP contribution is 2.37. The van der Waals surface area contributed by atoms with E-state index in [1.165, 1.54) is 0 Å². The molecule has 9 heteroatoms. The van der Waals surface area contributed by atoms with Crippen LogP contribution in [0.1, 0.15) is 16.7 Å². The summed E-state index contributed by atoms with van der Waals surface area (Å²) in [6.45, 7) is 1.38. The number of amides is 4. The third-order valence-corrected chi connectivity index (χ3v) is 6.32. The molecule has 1 heterocycles. The maximum Gasteiger partial charge on any atom is 0.326 e. The molecular formula is C26H24ClN3O5. The van der Waals surface area contributed by atoms with Gasteiger partial charge in [0.2, 0.25) is 5.91 Å². The molecule has 1 saturated heterocycles. The van der Waals surface area contributed by atoms with Crippen LogP contribution in [0.25, 0.3) is 0 Å². The van der Waals surface area contributed by atoms with Crippen LogP contribution >= 0.6 is 11.6 Å². The number of methoxy groups -OCH3 is 2. The number of ether oxygens (including phenoxy) is 2. The summed E-state index contributed by atoms with van der Waals surface area (Å²) in [5, 5.41) is 6.00. The maximum atomic E-state index is 13.8. The van der Waals surface area contributed by atoms with Crippen molar-refractivity contribution in [3.8, 4) is 11.5 Å². The number of carbonyl (C=O) groups excluding carboxylic acids is 3. The van der Waals surface area contributed by atoms with E-state index in [2.05, 4.69) is 10.6 Å². The van der Waals surface area contributed by atoms with E-state index in [-0.39, 0.29) is 0 Å². The predicted molar refractivity (Wildman–Crippen MR) is 132 cm³/mol. The molecule has 2 N–H and O–H groups in total. The Kier molecular flexibility index (Phi) is 6.66. The van der Waals surface area contributed by atoms with E-state index in [0.717, 1.165) is 10.5 Å². The third kappa shape index (κ3) is 4.52. The first-order valence-electron chi connectivity index (χ1n) is 10.8. The van der Waals surface area contributed by atoms with Crippen molar-refractivity contribution >= 4 is 35.1 Å². The van der Waals surface area contributed by atoms with Crippen LogP contribution in [0.3, 0.4) is 0 Å². The Morgan fingerprint density at radius 2 is 1.49 bits per heavy atom. The normalized spacial score (nSPS) is 14.5. The topological polar surface area (TPSA) is 97.0 Å². The molecule has 3 aromatic carbocycles. The monoisotopic (exact) mass is 493 g/mol. The van der Waals surface area contributed by atoms with Crippen molar-refractivity contribution < 1.29 is 23.9 Å². The van der Waals surface area contributed by atoms with Gasteiger partial charge >= 0.3 is 6.03 Å². The summed E-state index contributed by atoms with van der Waals surface area (Å²) < 4.78 is 10.5. The first kappa shape index (κ1) is 24.1. The van der Waals surface area contributed by atoms with Gasteiger partial charge in [0, 0.05) is 10.7 Å². The van der Waals surface area contributed by atoms with Gasteiger partial charge in [-0.05, 0) is 60.0 Å². The molecule has 0 unspecified atom stereocenters. The molecule has 4 rings (SSSR count). The minimum absolute atomic E-state index is 0.467. The quantitative estimate of drug-likeness (QED) is 0.483. The first-order valence-corrected chi connectivity index (χ1v) is 11.2. The first-order chi connectivity index (χ1) is 16.8. The van der Waals surface area contributed by atoms with Crippen LogP contribution in [0.2, 0.25) is 5.02 Å². The Morgan fingerprint density at radius 1 is 0.943 bits per heavy atom. The number of hydrogen-bond acceptors (Lipinski definition) is 5. The van der Waals surface area contributed by atoms with E-state index < -0.39 is 29.9 Å². The van der Waals surface area contributed by atoms with Gasteiger partial charge < -0.3 is 20.1 Å². The molecule has 0 saturated carbocycles. The largest absolute Gasteiger partial charge is 0.497 e. The maximum absolute atomic E-state index is 13.8. The number of aryl methyl sites for hydroxylation is 1. The molecule has 0 atom stereocenters. The van der Waals surface area contributed by atoms with Crippen molar-refractivity contribution in [1.29, 1.82) is 0 Å². The second-order valence-electron chi connectivity index (χ2n) is 8.04. The molecule has 35 heavy (non-hydrogen) atoms. The zero-order chi connectivity index (χ0) is 25.2. The SMILES string of the molecule is COc1ccc(C2(c3ccc(OC)cc3)NC(=O)N(CC(=O)Nc3ccc(C)c(Cl)c3)C2=O)cc1. The van der Waals surface area contributed by atoms with Gasteiger partial charge in [-0.2, -0.15) is 0 Å². The lowest BCUT2D eigenvalue weighted by atomic mass is 9.82. The van der Waals surface area contributed by atoms with Gasteiger partial charge in [0.25, 0.3) is 5.91 Å². The third-order valence-electron chi connectivity index (χ3n) is 5.91. The highest BCUT2D eigenvalue weighted by Gasteiger charge is 2.54. The molecule has 180 valence electrons. The number of benzene rings is 3. The highest BCUT2D eigenvalue weighted by atomic mass is 35.5. The van der Waals surface area contributed by atoms with Gasteiger partial charge in [-0.15, -0.1) is 0 Å². The van der Waals surface area contributed by atoms with Gasteiger partial charge in [0.15, 0.2) is 5.54 Å². The van der Waals surface area contributed by atoms with Crippen molar-refractivity contribution in [1.82, 2.24) is 10.2 Å². The summed E-state index contributed by atoms with van der Waals surface area (Å²) >= 11 is 6.13. The van der Waals surface area contributed by atoms with Crippen molar-refractivity contribution in [2.24, 2.45) is 0 Å². The smallest absolute Gasteiger partial charge is 0.326 e. The van der Waals surface area contributed by atoms with Crippen LogP contribution in [-0.4, -0.2) is 43.5 Å². The second kappa shape index (κ2) is 9.68. The Labute approximate surface area is 207 Å². The number of hydrogen-bond donors (Lipinski definition) is 2. The number of urea groups is 1. The fraction of sp³-hybridized carbons (Fsp3) is 0.192. The second-order valence-corrected chi connectivity index (χ2v) is 8.45. The summed E-state index contributed by atoms with van der Waals surface area (Å²) in [4.78, 5) is 40.5. The minimum atomic E-state index is -1.52. The number of halogens is 1. The molecule has 1 aliphatic heterocycles. The molecule has 0 bridgehead atoms. The molecule has 0 spiro atoms. The van der Waals surface area contributed by atoms with Gasteiger partial charge in [0.1, 0.15) is 18.0 Å². The van der Waals surface area contributed by atoms with Crippen molar-refractivity contribution in [2.75, 3.05) is 26.1 Å². The number of anilines is 1. The molecule has 4 amide bonds. The van der Waals surface area contributed by atoms with Crippen LogP contribution in [0, 0.1) is 6.92 Å². The number of nitrogens with one attached hydrogen (secondary N) is 2. The molecule has 3 aromatic rings. The Bertz CT molecular complexity index is 1230. The summed E-state index contributed by atoms with van der Waals surface area (Å²) in [5.74, 6) is 0.0930. The summed E-state index contributed by atoms with van der Waals surface area (Å²) in [7, 11) is 3.08. The Morgan fingerprint density at radius 3 is 1.97 bits per heavy atom. The van der Waals surface area contributed by atoms with Crippen LogP contribution in [0.4, 0.5) is 10.5 Å². The van der Waals surface area contributed by atoms with E-state index in [4.69, 9.17) is 21.1 Å². The average Bonchev–Trinajstić information content (AvgIpc) is 3.12. The van der Waals surface area contributed by atoms with Crippen molar-refractivity contribution in [3.05, 3.63) is 88.4 Å². The molecular weight excluding hydrogens is 470 g/mol. The molecule has 0 aromatic heterocycles. The van der Waals surface area contributed by atoms with Crippen molar-refractivity contribution in [2.45, 2.75) is 12.5 Å². The summed E-state index contributed by atoms with van der Waals surface area (Å²) in [5.41, 5.74) is 0.852. The standard InChI is InChI=1S/C26H24ClN3O5/c1-16-4-9-19(14-22(16)27)28-23(31)15-30-24(32)26(29-25(30)33,17-5-10-20(34-2)11-6-17)18-7-12-21(35-3)13-8-18/h4-14H,15H2,1-3H3,(H,28,31)(H,29,33). The highest BCUT2D eigenvalue weighted by molar-refractivity contribution is 6.31. The fourth-order valence-electron chi connectivity index (χ4n) is 3.97. The average molecular weight is 494 g/mol. The predicted octanol–water partition coefficient (Wildman–Crippen LogP) is 4.10. The lowest BCUT2D eigenvalue weighted by Crippen LogP contribution is -2.45. The summed E-state index contributed by atoms with van der Waals surface area (Å²) in [6, 6.07) is 18.0. The van der Waals surface area contributed by atoms with E-state index in [9.17, 15) is 14.4 Å². The lowest BCUT2D eigenvalue weighted by Gasteiger charge is -2.28. The molecule has 1 aliphatic rings. The summed E-state index contributed by atoms with van der Waals surface area (Å²) in [6.07, 6.45) is 0. The van der Waals surface area contributed by atoms with E-state index in [1.54, 1.807) is 80.9 Å². The van der Waals surface area contributed by atoms with E-state index >= 15 is 0 Å². The number of imide groups is 1. The van der Waals surface area contributed by atoms with Crippen LogP contribution in [-0.2, 0) is 15.1 Å². The lowest BCUT2D eigenvalue weighted by molar-refractivity contribution is -0.133. The zero-order valence-electron chi connectivity index (χ0n) is 19.4.